The number of likely N-dealkylation sites (tertiary alicyclic amines) is 1. The Morgan fingerprint density at radius 2 is 1.55 bits per heavy atom. The van der Waals surface area contributed by atoms with Crippen LogP contribution >= 0.6 is 0 Å². The fourth-order valence-electron chi connectivity index (χ4n) is 5.20. The smallest absolute Gasteiger partial charge is 0.253 e. The van der Waals surface area contributed by atoms with E-state index >= 15 is 0 Å². The number of carbonyl (C=O) groups is 1. The number of hydrogen-bond acceptors (Lipinski definition) is 2. The predicted molar refractivity (Wildman–Crippen MR) is 136 cm³/mol. The number of carbonyl (C=O) groups excluding carboxylic acids is 1. The first-order chi connectivity index (χ1) is 16.0. The normalized spacial score (nSPS) is 18.5. The molecule has 3 aromatic carbocycles. The highest BCUT2D eigenvalue weighted by atomic mass is 16.2. The molecule has 0 spiro atoms. The Hall–Kier alpha value is -2.91. The molecular formula is C30H36N2O. The van der Waals surface area contributed by atoms with Crippen molar-refractivity contribution < 1.29 is 4.79 Å². The number of hydrogen-bond donors (Lipinski definition) is 0. The summed E-state index contributed by atoms with van der Waals surface area (Å²) in [6.45, 7) is 11.2. The number of amides is 1. The van der Waals surface area contributed by atoms with Gasteiger partial charge in [-0.1, -0.05) is 86.6 Å². The quantitative estimate of drug-likeness (QED) is 0.428. The highest BCUT2D eigenvalue weighted by Gasteiger charge is 2.36. The van der Waals surface area contributed by atoms with E-state index in [1.807, 2.05) is 30.3 Å². The van der Waals surface area contributed by atoms with E-state index in [0.717, 1.165) is 38.3 Å². The van der Waals surface area contributed by atoms with Crippen molar-refractivity contribution in [2.75, 3.05) is 26.2 Å². The van der Waals surface area contributed by atoms with E-state index in [-0.39, 0.29) is 5.91 Å². The lowest BCUT2D eigenvalue weighted by Crippen LogP contribution is -2.39. The maximum absolute atomic E-state index is 13.5. The van der Waals surface area contributed by atoms with Crippen LogP contribution in [0.15, 0.2) is 84.9 Å². The summed E-state index contributed by atoms with van der Waals surface area (Å²) in [5.74, 6) is 1.40. The van der Waals surface area contributed by atoms with E-state index in [9.17, 15) is 4.79 Å². The maximum Gasteiger partial charge on any atom is 0.253 e. The van der Waals surface area contributed by atoms with Gasteiger partial charge in [0.2, 0.25) is 0 Å². The third-order valence-corrected chi connectivity index (χ3v) is 6.70. The van der Waals surface area contributed by atoms with E-state index in [1.165, 1.54) is 16.7 Å². The van der Waals surface area contributed by atoms with Gasteiger partial charge in [0, 0.05) is 44.2 Å². The molecule has 0 aliphatic carbocycles. The van der Waals surface area contributed by atoms with Crippen LogP contribution in [0, 0.1) is 18.8 Å². The SMILES string of the molecule is Cc1ccccc1C1CN(Cc2ccccc2)CC1CN(CC(C)C)C(=O)c1ccccc1. The van der Waals surface area contributed by atoms with E-state index in [1.54, 1.807) is 0 Å². The van der Waals surface area contributed by atoms with Gasteiger partial charge in [0.1, 0.15) is 0 Å². The summed E-state index contributed by atoms with van der Waals surface area (Å²) in [5, 5.41) is 0. The topological polar surface area (TPSA) is 23.6 Å². The Kier molecular flexibility index (Phi) is 7.61. The molecule has 2 atom stereocenters. The van der Waals surface area contributed by atoms with Crippen molar-refractivity contribution in [3.8, 4) is 0 Å². The second-order valence-corrected chi connectivity index (χ2v) is 9.87. The lowest BCUT2D eigenvalue weighted by atomic mass is 9.86. The number of nitrogens with zero attached hydrogens (tertiary/aromatic N) is 2. The number of aryl methyl sites for hydroxylation is 1. The van der Waals surface area contributed by atoms with Crippen molar-refractivity contribution in [3.63, 3.8) is 0 Å². The fourth-order valence-corrected chi connectivity index (χ4v) is 5.20. The molecule has 1 heterocycles. The molecule has 3 nitrogen and oxygen atoms in total. The summed E-state index contributed by atoms with van der Waals surface area (Å²) in [6, 6.07) is 29.2. The summed E-state index contributed by atoms with van der Waals surface area (Å²) < 4.78 is 0. The zero-order chi connectivity index (χ0) is 23.2. The fraction of sp³-hybridized carbons (Fsp3) is 0.367. The molecule has 0 radical (unpaired) electrons. The zero-order valence-corrected chi connectivity index (χ0v) is 20.2. The highest BCUT2D eigenvalue weighted by Crippen LogP contribution is 2.36. The van der Waals surface area contributed by atoms with Crippen molar-refractivity contribution in [1.29, 1.82) is 0 Å². The Labute approximate surface area is 199 Å². The lowest BCUT2D eigenvalue weighted by molar-refractivity contribution is 0.0703. The molecule has 0 bridgehead atoms. The van der Waals surface area contributed by atoms with E-state index in [2.05, 4.69) is 85.2 Å². The van der Waals surface area contributed by atoms with Crippen LogP contribution in [-0.4, -0.2) is 41.9 Å². The van der Waals surface area contributed by atoms with Crippen LogP contribution in [0.25, 0.3) is 0 Å². The highest BCUT2D eigenvalue weighted by molar-refractivity contribution is 5.94. The molecule has 0 aromatic heterocycles. The van der Waals surface area contributed by atoms with Gasteiger partial charge in [-0.3, -0.25) is 9.69 Å². The monoisotopic (exact) mass is 440 g/mol. The molecule has 1 aliphatic rings. The standard InChI is InChI=1S/C30H36N2O/c1-23(2)18-32(30(33)26-15-8-5-9-16-26)21-27-20-31(19-25-13-6-4-7-14-25)22-29(27)28-17-11-10-12-24(28)3/h4-17,23,27,29H,18-22H2,1-3H3. The van der Waals surface area contributed by atoms with Crippen LogP contribution in [0.3, 0.4) is 0 Å². The van der Waals surface area contributed by atoms with Crippen LogP contribution in [0.2, 0.25) is 0 Å². The molecule has 4 rings (SSSR count). The van der Waals surface area contributed by atoms with Gasteiger partial charge < -0.3 is 4.90 Å². The summed E-state index contributed by atoms with van der Waals surface area (Å²) in [4.78, 5) is 18.1. The second kappa shape index (κ2) is 10.8. The molecule has 3 aromatic rings. The van der Waals surface area contributed by atoms with Gasteiger partial charge in [-0.15, -0.1) is 0 Å². The van der Waals surface area contributed by atoms with E-state index < -0.39 is 0 Å². The first-order valence-corrected chi connectivity index (χ1v) is 12.2. The number of benzene rings is 3. The Bertz CT molecular complexity index is 1030. The summed E-state index contributed by atoms with van der Waals surface area (Å²) in [6.07, 6.45) is 0. The maximum atomic E-state index is 13.5. The Morgan fingerprint density at radius 3 is 2.21 bits per heavy atom. The third-order valence-electron chi connectivity index (χ3n) is 6.70. The predicted octanol–water partition coefficient (Wildman–Crippen LogP) is 6.01. The summed E-state index contributed by atoms with van der Waals surface area (Å²) in [7, 11) is 0. The third kappa shape index (κ3) is 5.91. The Balaban J connectivity index is 1.59. The Morgan fingerprint density at radius 1 is 0.909 bits per heavy atom. The second-order valence-electron chi connectivity index (χ2n) is 9.87. The average molecular weight is 441 g/mol. The van der Waals surface area contributed by atoms with Gasteiger partial charge in [-0.25, -0.2) is 0 Å². The van der Waals surface area contributed by atoms with Gasteiger partial charge in [-0.05, 0) is 47.6 Å². The van der Waals surface area contributed by atoms with Crippen LogP contribution < -0.4 is 0 Å². The van der Waals surface area contributed by atoms with E-state index in [4.69, 9.17) is 0 Å². The van der Waals surface area contributed by atoms with Crippen molar-refractivity contribution in [1.82, 2.24) is 9.80 Å². The number of rotatable bonds is 8. The molecule has 33 heavy (non-hydrogen) atoms. The first kappa shape index (κ1) is 23.3. The lowest BCUT2D eigenvalue weighted by Gasteiger charge is -2.30. The molecule has 0 N–H and O–H groups in total. The van der Waals surface area contributed by atoms with Gasteiger partial charge in [-0.2, -0.15) is 0 Å². The van der Waals surface area contributed by atoms with Crippen molar-refractivity contribution in [2.24, 2.45) is 11.8 Å². The summed E-state index contributed by atoms with van der Waals surface area (Å²) in [5.41, 5.74) is 4.90. The van der Waals surface area contributed by atoms with Gasteiger partial charge in [0.05, 0.1) is 0 Å². The van der Waals surface area contributed by atoms with Gasteiger partial charge >= 0.3 is 0 Å². The largest absolute Gasteiger partial charge is 0.338 e. The average Bonchev–Trinajstić information content (AvgIpc) is 3.21. The molecule has 3 heteroatoms. The van der Waals surface area contributed by atoms with E-state index in [0.29, 0.717) is 17.8 Å². The van der Waals surface area contributed by atoms with Gasteiger partial charge in [0.15, 0.2) is 0 Å². The van der Waals surface area contributed by atoms with Crippen LogP contribution in [-0.2, 0) is 6.54 Å². The summed E-state index contributed by atoms with van der Waals surface area (Å²) >= 11 is 0. The zero-order valence-electron chi connectivity index (χ0n) is 20.2. The van der Waals surface area contributed by atoms with Crippen molar-refractivity contribution in [2.45, 2.75) is 33.2 Å². The van der Waals surface area contributed by atoms with Crippen molar-refractivity contribution >= 4 is 5.91 Å². The van der Waals surface area contributed by atoms with Crippen LogP contribution in [0.4, 0.5) is 0 Å². The molecular weight excluding hydrogens is 404 g/mol. The first-order valence-electron chi connectivity index (χ1n) is 12.2. The minimum Gasteiger partial charge on any atom is -0.338 e. The molecule has 172 valence electrons. The van der Waals surface area contributed by atoms with Gasteiger partial charge in [0.25, 0.3) is 5.91 Å². The molecule has 0 saturated carbocycles. The molecule has 1 saturated heterocycles. The van der Waals surface area contributed by atoms with Crippen molar-refractivity contribution in [3.05, 3.63) is 107 Å². The minimum absolute atomic E-state index is 0.148. The van der Waals surface area contributed by atoms with Crippen LogP contribution in [0.1, 0.15) is 46.8 Å². The minimum atomic E-state index is 0.148. The molecule has 1 amide bonds. The van der Waals surface area contributed by atoms with Crippen LogP contribution in [0.5, 0.6) is 0 Å². The molecule has 1 aliphatic heterocycles. The molecule has 2 unspecified atom stereocenters. The molecule has 1 fully saturated rings.